The van der Waals surface area contributed by atoms with Crippen LogP contribution in [0.4, 0.5) is 20.3 Å². The summed E-state index contributed by atoms with van der Waals surface area (Å²) in [6.45, 7) is 6.24. The number of halogens is 3. The molecular formula is C41H52ClF2N5O6S. The zero-order valence-corrected chi connectivity index (χ0v) is 34.4. The van der Waals surface area contributed by atoms with Crippen molar-refractivity contribution in [2.75, 3.05) is 30.1 Å². The van der Waals surface area contributed by atoms with Crippen LogP contribution in [-0.4, -0.2) is 70.6 Å². The maximum atomic E-state index is 15.5. The summed E-state index contributed by atoms with van der Waals surface area (Å²) in [7, 11) is -2.06. The number of sulfone groups is 1. The number of aryl methyl sites for hydroxylation is 1. The summed E-state index contributed by atoms with van der Waals surface area (Å²) in [6.07, 6.45) is 14.4. The van der Waals surface area contributed by atoms with Gasteiger partial charge in [0, 0.05) is 79.2 Å². The van der Waals surface area contributed by atoms with E-state index in [0.717, 1.165) is 69.9 Å². The molecule has 4 aromatic rings. The molecule has 1 aromatic carbocycles. The Morgan fingerprint density at radius 2 is 1.64 bits per heavy atom. The van der Waals surface area contributed by atoms with Gasteiger partial charge in [-0.15, -0.1) is 11.6 Å². The normalized spacial score (nSPS) is 12.8. The summed E-state index contributed by atoms with van der Waals surface area (Å²) >= 11 is 6.20. The largest absolute Gasteiger partial charge is 0.460 e. The number of unbranched alkanes of at least 4 members (excludes halogenated alkanes) is 8. The van der Waals surface area contributed by atoms with Crippen LogP contribution in [0.1, 0.15) is 106 Å². The van der Waals surface area contributed by atoms with Gasteiger partial charge in [-0.3, -0.25) is 14.4 Å². The van der Waals surface area contributed by atoms with Crippen molar-refractivity contribution in [2.45, 2.75) is 103 Å². The van der Waals surface area contributed by atoms with E-state index in [-0.39, 0.29) is 47.4 Å². The molecule has 5 rings (SSSR count). The van der Waals surface area contributed by atoms with Crippen molar-refractivity contribution in [1.82, 2.24) is 19.4 Å². The molecule has 15 heteroatoms. The average molecular weight is 816 g/mol. The number of hydrogen-bond donors (Lipinski definition) is 1. The third-order valence-electron chi connectivity index (χ3n) is 9.78. The third kappa shape index (κ3) is 10.8. The van der Waals surface area contributed by atoms with Crippen molar-refractivity contribution in [3.05, 3.63) is 75.5 Å². The quantitative estimate of drug-likeness (QED) is 0.0602. The highest BCUT2D eigenvalue weighted by molar-refractivity contribution is 7.89. The number of rotatable bonds is 18. The number of nitrogens with one attached hydrogen (secondary N) is 1. The molecule has 0 atom stereocenters. The molecule has 0 radical (unpaired) electrons. The van der Waals surface area contributed by atoms with E-state index in [0.29, 0.717) is 52.7 Å². The molecular weight excluding hydrogens is 764 g/mol. The van der Waals surface area contributed by atoms with Gasteiger partial charge in [0.25, 0.3) is 11.5 Å². The van der Waals surface area contributed by atoms with E-state index in [1.807, 2.05) is 20.8 Å². The Bertz CT molecular complexity index is 2230. The summed E-state index contributed by atoms with van der Waals surface area (Å²) < 4.78 is 62.1. The molecule has 1 aliphatic rings. The van der Waals surface area contributed by atoms with Crippen LogP contribution in [0.3, 0.4) is 0 Å². The number of ether oxygens (including phenoxy) is 1. The Labute approximate surface area is 332 Å². The molecule has 0 aliphatic carbocycles. The summed E-state index contributed by atoms with van der Waals surface area (Å²) in [5.41, 5.74) is 1.93. The molecule has 0 saturated heterocycles. The van der Waals surface area contributed by atoms with Crippen molar-refractivity contribution in [1.29, 1.82) is 0 Å². The lowest BCUT2D eigenvalue weighted by Crippen LogP contribution is -2.34. The van der Waals surface area contributed by atoms with E-state index in [2.05, 4.69) is 9.97 Å². The van der Waals surface area contributed by atoms with Crippen LogP contribution in [0.5, 0.6) is 0 Å². The van der Waals surface area contributed by atoms with E-state index >= 15 is 4.39 Å². The number of aromatic nitrogens is 3. The number of carbonyl (C=O) groups excluding carboxylic acids is 2. The molecule has 1 amide bonds. The molecule has 11 nitrogen and oxygen atoms in total. The van der Waals surface area contributed by atoms with Crippen molar-refractivity contribution < 1.29 is 31.5 Å². The van der Waals surface area contributed by atoms with Gasteiger partial charge in [0.1, 0.15) is 16.9 Å². The first-order valence-electron chi connectivity index (χ1n) is 19.2. The minimum absolute atomic E-state index is 0.0131. The van der Waals surface area contributed by atoms with Gasteiger partial charge < -0.3 is 24.1 Å². The predicted molar refractivity (Wildman–Crippen MR) is 216 cm³/mol. The Kier molecular flexibility index (Phi) is 14.0. The molecule has 0 saturated carbocycles. The lowest BCUT2D eigenvalue weighted by Gasteiger charge is -2.28. The Balaban J connectivity index is 1.36. The molecule has 1 aliphatic heterocycles. The van der Waals surface area contributed by atoms with Crippen molar-refractivity contribution in [2.24, 2.45) is 7.05 Å². The van der Waals surface area contributed by atoms with Crippen molar-refractivity contribution in [3.8, 4) is 11.1 Å². The number of H-pyrrole nitrogens is 1. The van der Waals surface area contributed by atoms with E-state index in [1.165, 1.54) is 9.47 Å². The first-order chi connectivity index (χ1) is 26.5. The maximum Gasteiger partial charge on any atom is 0.306 e. The summed E-state index contributed by atoms with van der Waals surface area (Å²) in [5.74, 6) is -2.85. The standard InChI is InChI=1S/C41H52ClF2N5O6S/c1-41(2,3)55-35(50)15-13-11-9-7-6-8-10-12-14-17-48(18-16-42)39(51)30-21-34-31(19-27(30)26-56(5,53)54)32-25-47(4)40(52)37-36(32)28(22-45-37)24-49(34)38-33(44)20-29(43)23-46-38/h19-23,25,45H,6-18,24,26H2,1-5H3. The first kappa shape index (κ1) is 42.8. The van der Waals surface area contributed by atoms with E-state index in [9.17, 15) is 27.2 Å². The number of anilines is 2. The van der Waals surface area contributed by atoms with Gasteiger partial charge in [-0.2, -0.15) is 0 Å². The van der Waals surface area contributed by atoms with Gasteiger partial charge in [-0.25, -0.2) is 22.2 Å². The second-order valence-corrected chi connectivity index (χ2v) is 18.2. The fourth-order valence-corrected chi connectivity index (χ4v) is 8.28. The van der Waals surface area contributed by atoms with E-state index < -0.39 is 38.7 Å². The molecule has 0 bridgehead atoms. The number of amides is 1. The van der Waals surface area contributed by atoms with Crippen LogP contribution in [0.15, 0.2) is 41.6 Å². The number of alkyl halides is 1. The topological polar surface area (TPSA) is 135 Å². The number of hydrogen-bond acceptors (Lipinski definition) is 8. The smallest absolute Gasteiger partial charge is 0.306 e. The van der Waals surface area contributed by atoms with E-state index in [1.54, 1.807) is 36.5 Å². The molecule has 0 fully saturated rings. The SMILES string of the molecule is Cn1cc2c3c(c[nH]c3c1=O)CN(c1ncc(F)cc1F)c1cc(C(=O)N(CCCl)CCCCCCCCCCCC(=O)OC(C)(C)C)c(CS(C)(=O)=O)cc1-2. The van der Waals surface area contributed by atoms with Crippen molar-refractivity contribution >= 4 is 55.7 Å². The van der Waals surface area contributed by atoms with Gasteiger partial charge >= 0.3 is 5.97 Å². The minimum Gasteiger partial charge on any atom is -0.460 e. The summed E-state index contributed by atoms with van der Waals surface area (Å²) in [5, 5.41) is 0.575. The summed E-state index contributed by atoms with van der Waals surface area (Å²) in [4.78, 5) is 49.8. The van der Waals surface area contributed by atoms with Gasteiger partial charge in [0.2, 0.25) is 0 Å². The fourth-order valence-electron chi connectivity index (χ4n) is 7.28. The van der Waals surface area contributed by atoms with Gasteiger partial charge in [0.05, 0.1) is 24.2 Å². The number of aromatic amines is 1. The van der Waals surface area contributed by atoms with Crippen LogP contribution in [0.25, 0.3) is 22.0 Å². The minimum atomic E-state index is -3.65. The molecule has 0 spiro atoms. The summed E-state index contributed by atoms with van der Waals surface area (Å²) in [6, 6.07) is 3.91. The lowest BCUT2D eigenvalue weighted by molar-refractivity contribution is -0.154. The second kappa shape index (κ2) is 18.3. The number of esters is 1. The molecule has 4 heterocycles. The van der Waals surface area contributed by atoms with E-state index in [4.69, 9.17) is 16.3 Å². The number of carbonyl (C=O) groups is 2. The molecule has 304 valence electrons. The number of nitrogens with zero attached hydrogens (tertiary/aromatic N) is 4. The Hall–Kier alpha value is -4.30. The highest BCUT2D eigenvalue weighted by atomic mass is 35.5. The molecule has 3 aromatic heterocycles. The van der Waals surface area contributed by atoms with Gasteiger partial charge in [-0.1, -0.05) is 44.9 Å². The van der Waals surface area contributed by atoms with Gasteiger partial charge in [-0.05, 0) is 56.9 Å². The van der Waals surface area contributed by atoms with Crippen LogP contribution < -0.4 is 10.5 Å². The molecule has 0 unspecified atom stereocenters. The monoisotopic (exact) mass is 815 g/mol. The Morgan fingerprint density at radius 1 is 0.982 bits per heavy atom. The van der Waals surface area contributed by atoms with Gasteiger partial charge in [0.15, 0.2) is 21.5 Å². The number of pyridine rings is 2. The highest BCUT2D eigenvalue weighted by Crippen LogP contribution is 2.45. The van der Waals surface area contributed by atoms with Crippen LogP contribution >= 0.6 is 11.6 Å². The third-order valence-corrected chi connectivity index (χ3v) is 10.8. The first-order valence-corrected chi connectivity index (χ1v) is 21.8. The number of fused-ring (bicyclic) bond motifs is 2. The Morgan fingerprint density at radius 3 is 2.27 bits per heavy atom. The van der Waals surface area contributed by atoms with Crippen LogP contribution in [0.2, 0.25) is 0 Å². The lowest BCUT2D eigenvalue weighted by atomic mass is 9.95. The maximum absolute atomic E-state index is 15.5. The molecule has 56 heavy (non-hydrogen) atoms. The number of benzene rings is 1. The fraction of sp³-hybridized carbons (Fsp3) is 0.512. The molecule has 1 N–H and O–H groups in total. The zero-order valence-electron chi connectivity index (χ0n) is 32.9. The zero-order chi connectivity index (χ0) is 40.8. The predicted octanol–water partition coefficient (Wildman–Crippen LogP) is 8.33. The second-order valence-electron chi connectivity index (χ2n) is 15.7. The van der Waals surface area contributed by atoms with Crippen LogP contribution in [0, 0.1) is 11.6 Å². The van der Waals surface area contributed by atoms with Crippen molar-refractivity contribution in [3.63, 3.8) is 0 Å². The average Bonchev–Trinajstić information content (AvgIpc) is 3.48. The van der Waals surface area contributed by atoms with Crippen LogP contribution in [-0.2, 0) is 38.7 Å². The highest BCUT2D eigenvalue weighted by Gasteiger charge is 2.31.